The molecule has 27 heavy (non-hydrogen) atoms. The molecule has 0 radical (unpaired) electrons. The number of benzene rings is 2. The Morgan fingerprint density at radius 3 is 2.33 bits per heavy atom. The van der Waals surface area contributed by atoms with E-state index >= 15 is 0 Å². The van der Waals surface area contributed by atoms with Crippen molar-refractivity contribution in [3.05, 3.63) is 65.5 Å². The third-order valence-electron chi connectivity index (χ3n) is 3.68. The van der Waals surface area contributed by atoms with E-state index in [-0.39, 0.29) is 17.2 Å². The third kappa shape index (κ3) is 6.34. The Labute approximate surface area is 162 Å². The highest BCUT2D eigenvalue weighted by Crippen LogP contribution is 2.16. The lowest BCUT2D eigenvalue weighted by Crippen LogP contribution is -2.47. The molecule has 0 saturated carbocycles. The van der Waals surface area contributed by atoms with Gasteiger partial charge in [-0.25, -0.2) is 4.39 Å². The number of hydrogen-bond donors (Lipinski definition) is 4. The predicted molar refractivity (Wildman–Crippen MR) is 107 cm³/mol. The van der Waals surface area contributed by atoms with Crippen molar-refractivity contribution in [1.29, 1.82) is 0 Å². The number of amides is 2. The normalized spacial score (nSPS) is 10.2. The number of thiocarbonyl (C=S) groups is 1. The summed E-state index contributed by atoms with van der Waals surface area (Å²) in [7, 11) is 0. The summed E-state index contributed by atoms with van der Waals surface area (Å²) in [5.74, 6) is -1.42. The van der Waals surface area contributed by atoms with Crippen LogP contribution in [0.1, 0.15) is 35.7 Å². The van der Waals surface area contributed by atoms with E-state index in [1.165, 1.54) is 29.8 Å². The second kappa shape index (κ2) is 9.63. The zero-order valence-electron chi connectivity index (χ0n) is 15.0. The van der Waals surface area contributed by atoms with Crippen molar-refractivity contribution >= 4 is 34.8 Å². The molecule has 2 aromatic carbocycles. The fourth-order valence-electron chi connectivity index (χ4n) is 2.19. The second-order valence-electron chi connectivity index (χ2n) is 6.07. The van der Waals surface area contributed by atoms with Crippen molar-refractivity contribution < 1.29 is 14.0 Å². The highest BCUT2D eigenvalue weighted by atomic mass is 32.1. The molecule has 0 fully saturated rings. The Morgan fingerprint density at radius 2 is 1.70 bits per heavy atom. The molecule has 0 aliphatic carbocycles. The first kappa shape index (κ1) is 20.3. The van der Waals surface area contributed by atoms with Gasteiger partial charge in [-0.2, -0.15) is 0 Å². The van der Waals surface area contributed by atoms with Crippen molar-refractivity contribution in [2.45, 2.75) is 19.8 Å². The fraction of sp³-hybridized carbons (Fsp3) is 0.211. The number of carbonyl (C=O) groups is 2. The van der Waals surface area contributed by atoms with Gasteiger partial charge in [0.1, 0.15) is 5.82 Å². The summed E-state index contributed by atoms with van der Waals surface area (Å²) < 4.78 is 13.5. The summed E-state index contributed by atoms with van der Waals surface area (Å²) in [5, 5.41) is 5.46. The molecular weight excluding hydrogens is 367 g/mol. The van der Waals surface area contributed by atoms with Gasteiger partial charge in [-0.15, -0.1) is 0 Å². The van der Waals surface area contributed by atoms with Gasteiger partial charge in [-0.05, 0) is 48.0 Å². The molecular formula is C19H21FN4O2S. The van der Waals surface area contributed by atoms with Gasteiger partial charge in [0, 0.05) is 5.69 Å². The summed E-state index contributed by atoms with van der Waals surface area (Å²) >= 11 is 5.09. The quantitative estimate of drug-likeness (QED) is 0.468. The lowest BCUT2D eigenvalue weighted by atomic mass is 10.0. The van der Waals surface area contributed by atoms with Gasteiger partial charge in [0.05, 0.1) is 12.1 Å². The summed E-state index contributed by atoms with van der Waals surface area (Å²) in [4.78, 5) is 23.6. The number of anilines is 1. The molecule has 142 valence electrons. The average molecular weight is 388 g/mol. The molecule has 0 saturated heterocycles. The molecule has 0 aliphatic rings. The van der Waals surface area contributed by atoms with Gasteiger partial charge < -0.3 is 10.6 Å². The Hall–Kier alpha value is -3.00. The Morgan fingerprint density at radius 1 is 1.04 bits per heavy atom. The molecule has 2 amide bonds. The van der Waals surface area contributed by atoms with E-state index in [1.54, 1.807) is 0 Å². The minimum Gasteiger partial charge on any atom is -0.343 e. The molecule has 0 unspecified atom stereocenters. The molecule has 2 rings (SSSR count). The van der Waals surface area contributed by atoms with Gasteiger partial charge >= 0.3 is 0 Å². The van der Waals surface area contributed by atoms with Crippen LogP contribution in [-0.2, 0) is 4.79 Å². The molecule has 6 nitrogen and oxygen atoms in total. The Bertz CT molecular complexity index is 825. The molecule has 0 spiro atoms. The summed E-state index contributed by atoms with van der Waals surface area (Å²) in [6.07, 6.45) is 0. The van der Waals surface area contributed by atoms with Crippen molar-refractivity contribution in [1.82, 2.24) is 16.2 Å². The van der Waals surface area contributed by atoms with Gasteiger partial charge in [-0.3, -0.25) is 20.4 Å². The Kier molecular flexibility index (Phi) is 7.25. The van der Waals surface area contributed by atoms with E-state index in [9.17, 15) is 14.0 Å². The standard InChI is InChI=1S/C19H21FN4O2S/c1-12(2)13-7-9-14(10-8-13)22-19(27)24-23-17(25)11-21-18(26)15-5-3-4-6-16(15)20/h3-10,12H,11H2,1-2H3,(H,21,26)(H,23,25)(H2,22,24,27). The lowest BCUT2D eigenvalue weighted by molar-refractivity contribution is -0.120. The maximum Gasteiger partial charge on any atom is 0.257 e. The number of carbonyl (C=O) groups excluding carboxylic acids is 2. The van der Waals surface area contributed by atoms with Crippen LogP contribution < -0.4 is 21.5 Å². The monoisotopic (exact) mass is 388 g/mol. The molecule has 0 bridgehead atoms. The third-order valence-corrected chi connectivity index (χ3v) is 3.88. The highest BCUT2D eigenvalue weighted by Gasteiger charge is 2.12. The van der Waals surface area contributed by atoms with Crippen LogP contribution in [0, 0.1) is 5.82 Å². The molecule has 0 heterocycles. The van der Waals surface area contributed by atoms with Crippen LogP contribution in [0.25, 0.3) is 0 Å². The van der Waals surface area contributed by atoms with E-state index in [4.69, 9.17) is 12.2 Å². The van der Waals surface area contributed by atoms with Crippen LogP contribution in [0.4, 0.5) is 10.1 Å². The summed E-state index contributed by atoms with van der Waals surface area (Å²) in [6, 6.07) is 13.3. The van der Waals surface area contributed by atoms with Crippen LogP contribution in [0.5, 0.6) is 0 Å². The first-order chi connectivity index (χ1) is 12.9. The van der Waals surface area contributed by atoms with E-state index in [0.717, 1.165) is 5.69 Å². The van der Waals surface area contributed by atoms with Gasteiger partial charge in [-0.1, -0.05) is 38.1 Å². The number of hydrazine groups is 1. The summed E-state index contributed by atoms with van der Waals surface area (Å²) in [6.45, 7) is 3.89. The largest absolute Gasteiger partial charge is 0.343 e. The molecule has 4 N–H and O–H groups in total. The van der Waals surface area contributed by atoms with Crippen molar-refractivity contribution in [3.8, 4) is 0 Å². The highest BCUT2D eigenvalue weighted by molar-refractivity contribution is 7.80. The van der Waals surface area contributed by atoms with Crippen LogP contribution in [0.3, 0.4) is 0 Å². The minimum absolute atomic E-state index is 0.125. The number of halogens is 1. The topological polar surface area (TPSA) is 82.3 Å². The van der Waals surface area contributed by atoms with E-state index in [0.29, 0.717) is 5.92 Å². The molecule has 0 atom stereocenters. The zero-order valence-corrected chi connectivity index (χ0v) is 15.8. The lowest BCUT2D eigenvalue weighted by Gasteiger charge is -2.13. The van der Waals surface area contributed by atoms with Crippen LogP contribution in [-0.4, -0.2) is 23.5 Å². The maximum atomic E-state index is 13.5. The first-order valence-electron chi connectivity index (χ1n) is 8.35. The van der Waals surface area contributed by atoms with Gasteiger partial charge in [0.2, 0.25) is 0 Å². The zero-order chi connectivity index (χ0) is 19.8. The van der Waals surface area contributed by atoms with Crippen molar-refractivity contribution in [3.63, 3.8) is 0 Å². The first-order valence-corrected chi connectivity index (χ1v) is 8.76. The van der Waals surface area contributed by atoms with E-state index in [1.807, 2.05) is 24.3 Å². The van der Waals surface area contributed by atoms with Crippen molar-refractivity contribution in [2.24, 2.45) is 0 Å². The van der Waals surface area contributed by atoms with Gasteiger partial charge in [0.15, 0.2) is 5.11 Å². The Balaban J connectivity index is 1.74. The smallest absolute Gasteiger partial charge is 0.257 e. The van der Waals surface area contributed by atoms with Crippen LogP contribution in [0.2, 0.25) is 0 Å². The minimum atomic E-state index is -0.672. The number of rotatable bonds is 5. The molecule has 8 heteroatoms. The average Bonchev–Trinajstić information content (AvgIpc) is 2.65. The van der Waals surface area contributed by atoms with Gasteiger partial charge in [0.25, 0.3) is 11.8 Å². The molecule has 0 aliphatic heterocycles. The maximum absolute atomic E-state index is 13.5. The SMILES string of the molecule is CC(C)c1ccc(NC(=S)NNC(=O)CNC(=O)c2ccccc2F)cc1. The molecule has 0 aromatic heterocycles. The predicted octanol–water partition coefficient (Wildman–Crippen LogP) is 2.70. The number of nitrogens with one attached hydrogen (secondary N) is 4. The number of hydrogen-bond acceptors (Lipinski definition) is 3. The fourth-order valence-corrected chi connectivity index (χ4v) is 2.35. The van der Waals surface area contributed by atoms with E-state index < -0.39 is 17.6 Å². The summed E-state index contributed by atoms with van der Waals surface area (Å²) in [5.41, 5.74) is 6.75. The second-order valence-corrected chi connectivity index (χ2v) is 6.47. The van der Waals surface area contributed by atoms with Crippen LogP contribution >= 0.6 is 12.2 Å². The molecule has 2 aromatic rings. The van der Waals surface area contributed by atoms with Crippen molar-refractivity contribution in [2.75, 3.05) is 11.9 Å². The van der Waals surface area contributed by atoms with Crippen LogP contribution in [0.15, 0.2) is 48.5 Å². The van der Waals surface area contributed by atoms with E-state index in [2.05, 4.69) is 35.3 Å².